The first-order valence-electron chi connectivity index (χ1n) is 8.15. The lowest BCUT2D eigenvalue weighted by atomic mass is 9.49. The maximum Gasteiger partial charge on any atom is 0.228 e. The molecule has 0 N–H and O–H groups in total. The van der Waals surface area contributed by atoms with Crippen LogP contribution in [0.5, 0.6) is 0 Å². The van der Waals surface area contributed by atoms with Crippen molar-refractivity contribution in [3.8, 4) is 0 Å². The Bertz CT molecular complexity index is 376. The second-order valence-electron chi connectivity index (χ2n) is 7.60. The fourth-order valence-corrected chi connectivity index (χ4v) is 6.10. The third-order valence-corrected chi connectivity index (χ3v) is 6.81. The Labute approximate surface area is 129 Å². The molecule has 4 bridgehead atoms. The summed E-state index contributed by atoms with van der Waals surface area (Å²) in [6.07, 6.45) is 7.91. The van der Waals surface area contributed by atoms with Crippen molar-refractivity contribution in [1.82, 2.24) is 4.90 Å². The van der Waals surface area contributed by atoms with Crippen molar-refractivity contribution in [2.75, 3.05) is 25.0 Å². The van der Waals surface area contributed by atoms with Gasteiger partial charge in [-0.05, 0) is 56.3 Å². The maximum atomic E-state index is 13.2. The van der Waals surface area contributed by atoms with Crippen LogP contribution >= 0.6 is 15.9 Å². The summed E-state index contributed by atoms with van der Waals surface area (Å²) in [5.41, 5.74) is 0.0168. The monoisotopic (exact) mass is 341 g/mol. The molecule has 1 heterocycles. The number of amides is 1. The van der Waals surface area contributed by atoms with Crippen molar-refractivity contribution in [1.29, 1.82) is 0 Å². The van der Waals surface area contributed by atoms with Crippen LogP contribution in [0.4, 0.5) is 0 Å². The molecule has 4 saturated carbocycles. The summed E-state index contributed by atoms with van der Waals surface area (Å²) in [5.74, 6) is 3.00. The Morgan fingerprint density at radius 1 is 1.15 bits per heavy atom. The highest BCUT2D eigenvalue weighted by Crippen LogP contribution is 2.60. The van der Waals surface area contributed by atoms with Crippen molar-refractivity contribution >= 4 is 21.8 Å². The van der Waals surface area contributed by atoms with Gasteiger partial charge in [-0.3, -0.25) is 4.79 Å². The molecule has 4 heteroatoms. The van der Waals surface area contributed by atoms with Gasteiger partial charge in [-0.1, -0.05) is 15.9 Å². The molecule has 0 aromatic carbocycles. The number of ether oxygens (including phenoxy) is 1. The molecular weight excluding hydrogens is 318 g/mol. The average Bonchev–Trinajstić information content (AvgIpc) is 2.45. The number of carbonyl (C=O) groups is 1. The van der Waals surface area contributed by atoms with Crippen molar-refractivity contribution in [3.05, 3.63) is 0 Å². The van der Waals surface area contributed by atoms with Gasteiger partial charge in [0.15, 0.2) is 0 Å². The molecule has 1 amide bonds. The molecule has 20 heavy (non-hydrogen) atoms. The zero-order valence-electron chi connectivity index (χ0n) is 12.0. The van der Waals surface area contributed by atoms with Gasteiger partial charge in [0.2, 0.25) is 5.91 Å². The first-order valence-corrected chi connectivity index (χ1v) is 9.27. The first-order chi connectivity index (χ1) is 9.68. The number of rotatable bonds is 2. The van der Waals surface area contributed by atoms with Crippen LogP contribution in [-0.4, -0.2) is 41.9 Å². The number of morpholine rings is 1. The van der Waals surface area contributed by atoms with Crippen LogP contribution in [0, 0.1) is 23.2 Å². The molecule has 5 fully saturated rings. The van der Waals surface area contributed by atoms with Gasteiger partial charge in [-0.2, -0.15) is 0 Å². The van der Waals surface area contributed by atoms with Crippen LogP contribution in [-0.2, 0) is 9.53 Å². The fourth-order valence-electron chi connectivity index (χ4n) is 5.71. The molecule has 4 aliphatic carbocycles. The van der Waals surface area contributed by atoms with E-state index in [1.807, 2.05) is 0 Å². The normalized spacial score (nSPS) is 46.8. The lowest BCUT2D eigenvalue weighted by Crippen LogP contribution is -2.57. The fraction of sp³-hybridized carbons (Fsp3) is 0.938. The van der Waals surface area contributed by atoms with Gasteiger partial charge in [-0.25, -0.2) is 0 Å². The summed E-state index contributed by atoms with van der Waals surface area (Å²) in [6.45, 7) is 2.28. The summed E-state index contributed by atoms with van der Waals surface area (Å²) in [5, 5.41) is 0.831. The van der Waals surface area contributed by atoms with E-state index in [2.05, 4.69) is 20.8 Å². The van der Waals surface area contributed by atoms with Gasteiger partial charge < -0.3 is 9.64 Å². The summed E-state index contributed by atoms with van der Waals surface area (Å²) < 4.78 is 5.69. The van der Waals surface area contributed by atoms with E-state index >= 15 is 0 Å². The number of hydrogen-bond donors (Lipinski definition) is 0. The van der Waals surface area contributed by atoms with Crippen molar-refractivity contribution in [2.24, 2.45) is 23.2 Å². The summed E-state index contributed by atoms with van der Waals surface area (Å²) in [4.78, 5) is 15.3. The number of alkyl halides is 1. The Kier molecular flexibility index (Phi) is 3.38. The smallest absolute Gasteiger partial charge is 0.228 e. The third kappa shape index (κ3) is 2.14. The van der Waals surface area contributed by atoms with Crippen molar-refractivity contribution < 1.29 is 9.53 Å². The molecule has 5 aliphatic rings. The average molecular weight is 342 g/mol. The molecule has 112 valence electrons. The number of halogens is 1. The van der Waals surface area contributed by atoms with E-state index in [1.54, 1.807) is 0 Å². The second kappa shape index (κ2) is 4.98. The van der Waals surface area contributed by atoms with E-state index in [4.69, 9.17) is 4.74 Å². The second-order valence-corrected chi connectivity index (χ2v) is 8.24. The lowest BCUT2D eigenvalue weighted by molar-refractivity contribution is -0.163. The quantitative estimate of drug-likeness (QED) is 0.723. The van der Waals surface area contributed by atoms with Crippen LogP contribution < -0.4 is 0 Å². The van der Waals surface area contributed by atoms with Crippen LogP contribution in [0.25, 0.3) is 0 Å². The molecule has 0 spiro atoms. The molecule has 1 aliphatic heterocycles. The molecule has 3 nitrogen and oxygen atoms in total. The Morgan fingerprint density at radius 3 is 2.30 bits per heavy atom. The molecule has 1 unspecified atom stereocenters. The summed E-state index contributed by atoms with van der Waals surface area (Å²) in [7, 11) is 0. The standard InChI is InChI=1S/C16H24BrNO2/c17-9-14-10-18(1-2-20-14)15(19)16-6-11-3-12(7-16)5-13(4-11)8-16/h11-14H,1-10H2. The third-order valence-electron chi connectivity index (χ3n) is 6.09. The highest BCUT2D eigenvalue weighted by molar-refractivity contribution is 9.09. The minimum atomic E-state index is 0.0168. The number of carbonyl (C=O) groups excluding carboxylic acids is 1. The van der Waals surface area contributed by atoms with E-state index < -0.39 is 0 Å². The van der Waals surface area contributed by atoms with Gasteiger partial charge in [0.25, 0.3) is 0 Å². The molecular formula is C16H24BrNO2. The lowest BCUT2D eigenvalue weighted by Gasteiger charge is -2.57. The van der Waals surface area contributed by atoms with Gasteiger partial charge >= 0.3 is 0 Å². The van der Waals surface area contributed by atoms with Crippen LogP contribution in [0.15, 0.2) is 0 Å². The van der Waals surface area contributed by atoms with Gasteiger partial charge in [-0.15, -0.1) is 0 Å². The highest BCUT2D eigenvalue weighted by atomic mass is 79.9. The molecule has 1 atom stereocenters. The predicted molar refractivity (Wildman–Crippen MR) is 80.7 cm³/mol. The Balaban J connectivity index is 1.53. The van der Waals surface area contributed by atoms with E-state index in [-0.39, 0.29) is 11.5 Å². The maximum absolute atomic E-state index is 13.2. The molecule has 1 saturated heterocycles. The molecule has 0 radical (unpaired) electrons. The largest absolute Gasteiger partial charge is 0.374 e. The van der Waals surface area contributed by atoms with Crippen molar-refractivity contribution in [2.45, 2.75) is 44.6 Å². The van der Waals surface area contributed by atoms with Gasteiger partial charge in [0.1, 0.15) is 0 Å². The number of hydrogen-bond acceptors (Lipinski definition) is 2. The van der Waals surface area contributed by atoms with Crippen LogP contribution in [0.2, 0.25) is 0 Å². The Hall–Kier alpha value is -0.0900. The Morgan fingerprint density at radius 2 is 1.75 bits per heavy atom. The SMILES string of the molecule is O=C(N1CCOC(CBr)C1)C12CC3CC(CC(C3)C1)C2. The molecule has 0 aromatic rings. The van der Waals surface area contributed by atoms with E-state index in [9.17, 15) is 4.79 Å². The van der Waals surface area contributed by atoms with Crippen LogP contribution in [0.1, 0.15) is 38.5 Å². The van der Waals surface area contributed by atoms with E-state index in [1.165, 1.54) is 38.5 Å². The predicted octanol–water partition coefficient (Wildman–Crippen LogP) is 2.83. The minimum absolute atomic E-state index is 0.0168. The summed E-state index contributed by atoms with van der Waals surface area (Å²) >= 11 is 3.49. The molecule has 5 rings (SSSR count). The van der Waals surface area contributed by atoms with Crippen LogP contribution in [0.3, 0.4) is 0 Å². The van der Waals surface area contributed by atoms with E-state index in [0.717, 1.165) is 36.2 Å². The topological polar surface area (TPSA) is 29.5 Å². The van der Waals surface area contributed by atoms with Gasteiger partial charge in [0, 0.05) is 18.4 Å². The zero-order valence-corrected chi connectivity index (χ0v) is 13.6. The highest BCUT2D eigenvalue weighted by Gasteiger charge is 2.55. The van der Waals surface area contributed by atoms with Crippen molar-refractivity contribution in [3.63, 3.8) is 0 Å². The minimum Gasteiger partial charge on any atom is -0.374 e. The number of nitrogens with zero attached hydrogens (tertiary/aromatic N) is 1. The molecule has 0 aromatic heterocycles. The zero-order chi connectivity index (χ0) is 13.7. The summed E-state index contributed by atoms with van der Waals surface area (Å²) in [6, 6.07) is 0. The van der Waals surface area contributed by atoms with Gasteiger partial charge in [0.05, 0.1) is 18.1 Å². The van der Waals surface area contributed by atoms with E-state index in [0.29, 0.717) is 12.5 Å². The first kappa shape index (κ1) is 13.6.